The maximum Gasteiger partial charge on any atom is 0.256 e. The van der Waals surface area contributed by atoms with Crippen LogP contribution >= 0.6 is 23.2 Å². The Kier molecular flexibility index (Phi) is 6.07. The quantitative estimate of drug-likeness (QED) is 0.356. The molecule has 2 aliphatic heterocycles. The van der Waals surface area contributed by atoms with Crippen molar-refractivity contribution in [1.82, 2.24) is 14.9 Å². The van der Waals surface area contributed by atoms with E-state index >= 15 is 0 Å². The fourth-order valence-electron chi connectivity index (χ4n) is 5.33. The molecule has 8 heteroatoms. The van der Waals surface area contributed by atoms with Crippen LogP contribution in [0.15, 0.2) is 36.4 Å². The SMILES string of the molecule is Cc1nc(-c2ccc(F)cc2)c2c(n1)[C@H]1[C@H](C)CCC(CC2)N1C(=O)c1ccc(Cl)c(F)c1Cl. The molecule has 176 valence electrons. The van der Waals surface area contributed by atoms with E-state index in [0.717, 1.165) is 41.8 Å². The minimum absolute atomic E-state index is 0.0425. The molecule has 0 radical (unpaired) electrons. The molecule has 1 aromatic heterocycles. The van der Waals surface area contributed by atoms with Crippen LogP contribution in [0.25, 0.3) is 11.3 Å². The number of fused-ring (bicyclic) bond motifs is 4. The summed E-state index contributed by atoms with van der Waals surface area (Å²) in [6, 6.07) is 8.78. The van der Waals surface area contributed by atoms with Gasteiger partial charge in [-0.1, -0.05) is 30.1 Å². The Labute approximate surface area is 206 Å². The highest BCUT2D eigenvalue weighted by atomic mass is 35.5. The lowest BCUT2D eigenvalue weighted by atomic mass is 9.84. The Hall–Kier alpha value is -2.57. The van der Waals surface area contributed by atoms with E-state index in [1.165, 1.54) is 24.3 Å². The Morgan fingerprint density at radius 3 is 2.50 bits per heavy atom. The first kappa shape index (κ1) is 23.2. The van der Waals surface area contributed by atoms with Crippen molar-refractivity contribution in [1.29, 1.82) is 0 Å². The van der Waals surface area contributed by atoms with Gasteiger partial charge >= 0.3 is 0 Å². The first-order valence-corrected chi connectivity index (χ1v) is 12.1. The third-order valence-electron chi connectivity index (χ3n) is 6.96. The van der Waals surface area contributed by atoms with Gasteiger partial charge in [-0.05, 0) is 74.9 Å². The molecule has 3 aromatic rings. The van der Waals surface area contributed by atoms with Crippen molar-refractivity contribution in [2.24, 2.45) is 5.92 Å². The van der Waals surface area contributed by atoms with Gasteiger partial charge in [-0.25, -0.2) is 18.7 Å². The number of benzene rings is 2. The number of aryl methyl sites for hydroxylation is 1. The number of carbonyl (C=O) groups excluding carboxylic acids is 1. The molecule has 0 N–H and O–H groups in total. The zero-order valence-electron chi connectivity index (χ0n) is 18.8. The van der Waals surface area contributed by atoms with Crippen molar-refractivity contribution in [3.8, 4) is 11.3 Å². The molecule has 5 rings (SSSR count). The van der Waals surface area contributed by atoms with Gasteiger partial charge in [0.1, 0.15) is 11.6 Å². The predicted molar refractivity (Wildman–Crippen MR) is 128 cm³/mol. The number of rotatable bonds is 2. The third-order valence-corrected chi connectivity index (χ3v) is 7.63. The van der Waals surface area contributed by atoms with Crippen molar-refractivity contribution in [3.05, 3.63) is 80.7 Å². The number of hydrogen-bond acceptors (Lipinski definition) is 3. The largest absolute Gasteiger partial charge is 0.327 e. The van der Waals surface area contributed by atoms with Crippen molar-refractivity contribution in [3.63, 3.8) is 0 Å². The Bertz CT molecular complexity index is 1280. The normalized spacial score (nSPS) is 21.7. The minimum Gasteiger partial charge on any atom is -0.327 e. The molecule has 2 aliphatic rings. The Balaban J connectivity index is 1.67. The second kappa shape index (κ2) is 8.90. The first-order valence-electron chi connectivity index (χ1n) is 11.4. The topological polar surface area (TPSA) is 46.1 Å². The monoisotopic (exact) mass is 501 g/mol. The summed E-state index contributed by atoms with van der Waals surface area (Å²) in [4.78, 5) is 25.2. The highest BCUT2D eigenvalue weighted by Gasteiger charge is 2.44. The summed E-state index contributed by atoms with van der Waals surface area (Å²) in [5.41, 5.74) is 3.46. The van der Waals surface area contributed by atoms with E-state index in [4.69, 9.17) is 33.2 Å². The van der Waals surface area contributed by atoms with E-state index in [1.54, 1.807) is 12.1 Å². The molecule has 1 amide bonds. The summed E-state index contributed by atoms with van der Waals surface area (Å²) >= 11 is 12.1. The van der Waals surface area contributed by atoms with Gasteiger partial charge in [-0.2, -0.15) is 0 Å². The van der Waals surface area contributed by atoms with Crippen LogP contribution in [-0.2, 0) is 6.42 Å². The molecule has 0 saturated carbocycles. The maximum absolute atomic E-state index is 14.4. The summed E-state index contributed by atoms with van der Waals surface area (Å²) < 4.78 is 28.0. The molecule has 1 unspecified atom stereocenters. The number of halogens is 4. The lowest BCUT2D eigenvalue weighted by Gasteiger charge is -2.44. The van der Waals surface area contributed by atoms with Crippen LogP contribution in [0.5, 0.6) is 0 Å². The molecule has 1 fully saturated rings. The summed E-state index contributed by atoms with van der Waals surface area (Å²) in [5, 5.41) is -0.387. The summed E-state index contributed by atoms with van der Waals surface area (Å²) in [5.74, 6) is -0.719. The Morgan fingerprint density at radius 1 is 1.03 bits per heavy atom. The number of nitrogens with zero attached hydrogens (tertiary/aromatic N) is 3. The van der Waals surface area contributed by atoms with Crippen LogP contribution in [0.1, 0.15) is 59.7 Å². The van der Waals surface area contributed by atoms with Crippen LogP contribution in [0.4, 0.5) is 8.78 Å². The van der Waals surface area contributed by atoms with Gasteiger partial charge in [0.25, 0.3) is 5.91 Å². The molecule has 3 atom stereocenters. The summed E-state index contributed by atoms with van der Waals surface area (Å²) in [6.07, 6.45) is 3.18. The van der Waals surface area contributed by atoms with E-state index in [2.05, 4.69) is 6.92 Å². The predicted octanol–water partition coefficient (Wildman–Crippen LogP) is 6.97. The molecule has 34 heavy (non-hydrogen) atoms. The van der Waals surface area contributed by atoms with Gasteiger partial charge < -0.3 is 4.90 Å². The van der Waals surface area contributed by atoms with Gasteiger partial charge in [0.05, 0.1) is 33.0 Å². The number of piperidine rings is 1. The molecule has 0 aliphatic carbocycles. The van der Waals surface area contributed by atoms with Gasteiger partial charge in [0.15, 0.2) is 5.82 Å². The highest BCUT2D eigenvalue weighted by Crippen LogP contribution is 2.46. The molecule has 0 spiro atoms. The number of amides is 1. The van der Waals surface area contributed by atoms with Crippen LogP contribution in [-0.4, -0.2) is 26.8 Å². The van der Waals surface area contributed by atoms with Crippen molar-refractivity contribution < 1.29 is 13.6 Å². The number of carbonyl (C=O) groups is 1. The highest BCUT2D eigenvalue weighted by molar-refractivity contribution is 6.37. The molecular formula is C26H23Cl2F2N3O. The molecule has 2 aromatic carbocycles. The van der Waals surface area contributed by atoms with Crippen LogP contribution < -0.4 is 0 Å². The lowest BCUT2D eigenvalue weighted by molar-refractivity contribution is 0.0295. The lowest BCUT2D eigenvalue weighted by Crippen LogP contribution is -2.48. The van der Waals surface area contributed by atoms with Gasteiger partial charge in [0.2, 0.25) is 0 Å². The number of hydrogen-bond donors (Lipinski definition) is 0. The van der Waals surface area contributed by atoms with Crippen LogP contribution in [0.3, 0.4) is 0 Å². The fraction of sp³-hybridized carbons (Fsp3) is 0.346. The molecule has 4 nitrogen and oxygen atoms in total. The van der Waals surface area contributed by atoms with Crippen molar-refractivity contribution in [2.45, 2.75) is 51.6 Å². The van der Waals surface area contributed by atoms with Crippen molar-refractivity contribution >= 4 is 29.1 Å². The van der Waals surface area contributed by atoms with E-state index in [0.29, 0.717) is 12.2 Å². The Morgan fingerprint density at radius 2 is 1.76 bits per heavy atom. The molecular weight excluding hydrogens is 479 g/mol. The first-order chi connectivity index (χ1) is 16.3. The van der Waals surface area contributed by atoms with Crippen LogP contribution in [0.2, 0.25) is 10.0 Å². The van der Waals surface area contributed by atoms with E-state index < -0.39 is 5.82 Å². The summed E-state index contributed by atoms with van der Waals surface area (Å²) in [7, 11) is 0. The average Bonchev–Trinajstić information content (AvgIpc) is 2.93. The molecule has 1 saturated heterocycles. The molecule has 3 heterocycles. The fourth-order valence-corrected chi connectivity index (χ4v) is 5.78. The van der Waals surface area contributed by atoms with Crippen molar-refractivity contribution in [2.75, 3.05) is 0 Å². The zero-order valence-corrected chi connectivity index (χ0v) is 20.3. The van der Waals surface area contributed by atoms with Gasteiger partial charge in [-0.15, -0.1) is 0 Å². The van der Waals surface area contributed by atoms with E-state index in [9.17, 15) is 13.6 Å². The van der Waals surface area contributed by atoms with E-state index in [-0.39, 0.29) is 45.3 Å². The van der Waals surface area contributed by atoms with Gasteiger partial charge in [0, 0.05) is 17.2 Å². The zero-order chi connectivity index (χ0) is 24.1. The second-order valence-corrected chi connectivity index (χ2v) is 9.90. The maximum atomic E-state index is 14.4. The minimum atomic E-state index is -0.792. The van der Waals surface area contributed by atoms with E-state index in [1.807, 2.05) is 11.8 Å². The van der Waals surface area contributed by atoms with Gasteiger partial charge in [-0.3, -0.25) is 4.79 Å². The summed E-state index contributed by atoms with van der Waals surface area (Å²) in [6.45, 7) is 3.93. The average molecular weight is 502 g/mol. The molecule has 2 bridgehead atoms. The second-order valence-electron chi connectivity index (χ2n) is 9.12. The van der Waals surface area contributed by atoms with Crippen LogP contribution in [0, 0.1) is 24.5 Å². The number of aromatic nitrogens is 2. The standard InChI is InChI=1S/C26H23Cl2F2N3O/c1-13-3-8-17-9-10-19-23(15-4-6-16(29)7-5-15)31-14(2)32-24(19)25(13)33(17)26(34)18-11-12-20(27)22(30)21(18)28/h4-7,11-13,17,25H,3,8-10H2,1-2H3/t13-,17?,25-/m1/s1. The third kappa shape index (κ3) is 3.87. The smallest absolute Gasteiger partial charge is 0.256 e.